The summed E-state index contributed by atoms with van der Waals surface area (Å²) >= 11 is 1.56. The molecule has 5 nitrogen and oxygen atoms in total. The highest BCUT2D eigenvalue weighted by Gasteiger charge is 2.38. The Balaban J connectivity index is 1.75. The topological polar surface area (TPSA) is 70.0 Å². The van der Waals surface area contributed by atoms with Gasteiger partial charge in [0.15, 0.2) is 0 Å². The molecule has 0 saturated carbocycles. The zero-order valence-corrected chi connectivity index (χ0v) is 12.3. The molecule has 3 rings (SSSR count). The van der Waals surface area contributed by atoms with Gasteiger partial charge in [-0.1, -0.05) is 30.3 Å². The Morgan fingerprint density at radius 1 is 1.29 bits per heavy atom. The summed E-state index contributed by atoms with van der Waals surface area (Å²) in [5, 5.41) is 10.0. The number of amides is 1. The minimum absolute atomic E-state index is 0.154. The first-order valence-corrected chi connectivity index (χ1v) is 7.94. The summed E-state index contributed by atoms with van der Waals surface area (Å²) in [6, 6.07) is 8.61. The Morgan fingerprint density at radius 2 is 2.05 bits per heavy atom. The molecular formula is C15H16N2O3S. The summed E-state index contributed by atoms with van der Waals surface area (Å²) in [4.78, 5) is 29.6. The smallest absolute Gasteiger partial charge is 0.326 e. The van der Waals surface area contributed by atoms with Crippen LogP contribution < -0.4 is 0 Å². The average molecular weight is 304 g/mol. The van der Waals surface area contributed by atoms with Crippen molar-refractivity contribution in [1.82, 2.24) is 4.90 Å². The van der Waals surface area contributed by atoms with Crippen LogP contribution in [0.2, 0.25) is 0 Å². The normalized spacial score (nSPS) is 25.0. The molecule has 1 aromatic carbocycles. The lowest BCUT2D eigenvalue weighted by Crippen LogP contribution is -2.45. The van der Waals surface area contributed by atoms with Crippen LogP contribution in [0.15, 0.2) is 35.3 Å². The van der Waals surface area contributed by atoms with Gasteiger partial charge in [-0.2, -0.15) is 0 Å². The number of carbonyl (C=O) groups excluding carboxylic acids is 1. The van der Waals surface area contributed by atoms with Crippen molar-refractivity contribution in [2.75, 3.05) is 12.3 Å². The summed E-state index contributed by atoms with van der Waals surface area (Å²) in [5.74, 6) is -0.483. The van der Waals surface area contributed by atoms with E-state index in [0.717, 1.165) is 17.0 Å². The van der Waals surface area contributed by atoms with Gasteiger partial charge in [0.05, 0.1) is 5.04 Å². The number of carboxylic acid groups (broad SMARTS) is 1. The number of carboxylic acids is 1. The van der Waals surface area contributed by atoms with Gasteiger partial charge in [0.25, 0.3) is 0 Å². The number of aliphatic carboxylic acids is 1. The molecule has 110 valence electrons. The summed E-state index contributed by atoms with van der Waals surface area (Å²) < 4.78 is 0. The molecule has 2 aliphatic heterocycles. The van der Waals surface area contributed by atoms with Gasteiger partial charge in [-0.05, 0) is 12.8 Å². The predicted molar refractivity (Wildman–Crippen MR) is 81.6 cm³/mol. The van der Waals surface area contributed by atoms with Crippen molar-refractivity contribution in [2.45, 2.75) is 24.9 Å². The van der Waals surface area contributed by atoms with Crippen molar-refractivity contribution in [2.24, 2.45) is 4.99 Å². The van der Waals surface area contributed by atoms with Gasteiger partial charge in [0.1, 0.15) is 12.1 Å². The first-order valence-electron chi connectivity index (χ1n) is 6.96. The van der Waals surface area contributed by atoms with Gasteiger partial charge in [0, 0.05) is 17.9 Å². The second-order valence-corrected chi connectivity index (χ2v) is 6.16. The van der Waals surface area contributed by atoms with E-state index in [-0.39, 0.29) is 5.91 Å². The third-order valence-corrected chi connectivity index (χ3v) is 4.87. The van der Waals surface area contributed by atoms with Crippen molar-refractivity contribution in [3.8, 4) is 0 Å². The molecule has 1 saturated heterocycles. The van der Waals surface area contributed by atoms with Crippen molar-refractivity contribution >= 4 is 28.7 Å². The maximum Gasteiger partial charge on any atom is 0.326 e. The molecule has 2 aliphatic rings. The van der Waals surface area contributed by atoms with E-state index in [4.69, 9.17) is 0 Å². The molecule has 0 spiro atoms. The predicted octanol–water partition coefficient (Wildman–Crippen LogP) is 1.62. The monoisotopic (exact) mass is 304 g/mol. The molecule has 6 heteroatoms. The number of aliphatic imine (C=N–C) groups is 1. The van der Waals surface area contributed by atoms with E-state index < -0.39 is 18.1 Å². The molecule has 2 heterocycles. The fourth-order valence-corrected chi connectivity index (χ4v) is 3.76. The van der Waals surface area contributed by atoms with Crippen molar-refractivity contribution in [3.63, 3.8) is 0 Å². The Labute approximate surface area is 127 Å². The standard InChI is InChI=1S/C15H16N2O3S/c18-14(17-8-4-7-12(17)15(19)20)11-9-21-13(16-11)10-5-2-1-3-6-10/h1-3,5-6,11-12H,4,7-9H2,(H,19,20). The number of thioether (sulfide) groups is 1. The van der Waals surface area contributed by atoms with E-state index >= 15 is 0 Å². The molecule has 1 amide bonds. The summed E-state index contributed by atoms with van der Waals surface area (Å²) in [7, 11) is 0. The Morgan fingerprint density at radius 3 is 2.76 bits per heavy atom. The fraction of sp³-hybridized carbons (Fsp3) is 0.400. The van der Waals surface area contributed by atoms with Gasteiger partial charge < -0.3 is 10.0 Å². The van der Waals surface area contributed by atoms with Crippen molar-refractivity contribution in [3.05, 3.63) is 35.9 Å². The molecule has 0 bridgehead atoms. The zero-order valence-electron chi connectivity index (χ0n) is 11.4. The molecule has 2 atom stereocenters. The summed E-state index contributed by atoms with van der Waals surface area (Å²) in [6.45, 7) is 0.521. The van der Waals surface area contributed by atoms with Crippen LogP contribution in [0.1, 0.15) is 18.4 Å². The maximum atomic E-state index is 12.5. The molecule has 1 N–H and O–H groups in total. The van der Waals surface area contributed by atoms with Crippen LogP contribution in [0, 0.1) is 0 Å². The number of rotatable bonds is 3. The van der Waals surface area contributed by atoms with E-state index in [1.807, 2.05) is 30.3 Å². The third-order valence-electron chi connectivity index (χ3n) is 3.78. The van der Waals surface area contributed by atoms with E-state index in [0.29, 0.717) is 18.7 Å². The minimum Gasteiger partial charge on any atom is -0.480 e. The second kappa shape index (κ2) is 5.89. The lowest BCUT2D eigenvalue weighted by molar-refractivity contribution is -0.148. The fourth-order valence-electron chi connectivity index (χ4n) is 2.72. The van der Waals surface area contributed by atoms with E-state index in [1.165, 1.54) is 4.90 Å². The lowest BCUT2D eigenvalue weighted by Gasteiger charge is -2.23. The highest BCUT2D eigenvalue weighted by atomic mass is 32.2. The van der Waals surface area contributed by atoms with Crippen molar-refractivity contribution in [1.29, 1.82) is 0 Å². The third kappa shape index (κ3) is 2.81. The Kier molecular flexibility index (Phi) is 3.96. The highest BCUT2D eigenvalue weighted by Crippen LogP contribution is 2.27. The van der Waals surface area contributed by atoms with Gasteiger partial charge in [-0.25, -0.2) is 4.79 Å². The number of hydrogen-bond donors (Lipinski definition) is 1. The van der Waals surface area contributed by atoms with Crippen LogP contribution in [0.4, 0.5) is 0 Å². The molecule has 21 heavy (non-hydrogen) atoms. The quantitative estimate of drug-likeness (QED) is 0.921. The van der Waals surface area contributed by atoms with Gasteiger partial charge >= 0.3 is 5.97 Å². The number of nitrogens with zero attached hydrogens (tertiary/aromatic N) is 2. The number of benzene rings is 1. The second-order valence-electron chi connectivity index (χ2n) is 5.15. The SMILES string of the molecule is O=C(O)C1CCCN1C(=O)C1CSC(c2ccccc2)=N1. The largest absolute Gasteiger partial charge is 0.480 e. The first-order chi connectivity index (χ1) is 10.2. The number of carbonyl (C=O) groups is 2. The van der Waals surface area contributed by atoms with Crippen LogP contribution in [-0.4, -0.2) is 51.3 Å². The van der Waals surface area contributed by atoms with Crippen LogP contribution in [0.25, 0.3) is 0 Å². The maximum absolute atomic E-state index is 12.5. The van der Waals surface area contributed by atoms with Crippen LogP contribution in [0.5, 0.6) is 0 Å². The van der Waals surface area contributed by atoms with Gasteiger partial charge in [-0.15, -0.1) is 11.8 Å². The van der Waals surface area contributed by atoms with E-state index in [2.05, 4.69) is 4.99 Å². The van der Waals surface area contributed by atoms with E-state index in [1.54, 1.807) is 11.8 Å². The van der Waals surface area contributed by atoms with Gasteiger partial charge in [-0.3, -0.25) is 9.79 Å². The molecule has 0 aromatic heterocycles. The van der Waals surface area contributed by atoms with Crippen molar-refractivity contribution < 1.29 is 14.7 Å². The highest BCUT2D eigenvalue weighted by molar-refractivity contribution is 8.14. The molecule has 0 radical (unpaired) electrons. The lowest BCUT2D eigenvalue weighted by atomic mass is 10.2. The average Bonchev–Trinajstić information content (AvgIpc) is 3.17. The van der Waals surface area contributed by atoms with Crippen LogP contribution in [0.3, 0.4) is 0 Å². The Hall–Kier alpha value is -1.82. The molecule has 0 aliphatic carbocycles. The number of hydrogen-bond acceptors (Lipinski definition) is 4. The minimum atomic E-state index is -0.918. The van der Waals surface area contributed by atoms with Crippen LogP contribution in [-0.2, 0) is 9.59 Å². The molecular weight excluding hydrogens is 288 g/mol. The summed E-state index contributed by atoms with van der Waals surface area (Å²) in [6.07, 6.45) is 1.29. The van der Waals surface area contributed by atoms with Gasteiger partial charge in [0.2, 0.25) is 5.91 Å². The number of likely N-dealkylation sites (tertiary alicyclic amines) is 1. The first kappa shape index (κ1) is 14.1. The molecule has 1 aromatic rings. The Bertz CT molecular complexity index is 588. The summed E-state index contributed by atoms with van der Waals surface area (Å²) in [5.41, 5.74) is 1.01. The molecule has 2 unspecified atom stereocenters. The van der Waals surface area contributed by atoms with Crippen LogP contribution >= 0.6 is 11.8 Å². The van der Waals surface area contributed by atoms with E-state index in [9.17, 15) is 14.7 Å². The zero-order chi connectivity index (χ0) is 14.8. The molecule has 1 fully saturated rings.